The molecule has 1 rings (SSSR count). The third kappa shape index (κ3) is 4.38. The molecule has 0 spiro atoms. The summed E-state index contributed by atoms with van der Waals surface area (Å²) in [6, 6.07) is 9.92. The minimum Gasteiger partial charge on any atom is -0.451 e. The summed E-state index contributed by atoms with van der Waals surface area (Å²) in [5, 5.41) is 0. The Morgan fingerprint density at radius 2 is 1.80 bits per heavy atom. The maximum atomic E-state index is 11.3. The smallest absolute Gasteiger partial charge is 0.309 e. The number of hydrogen-bond donors (Lipinski definition) is 0. The van der Waals surface area contributed by atoms with Crippen molar-refractivity contribution < 1.29 is 9.53 Å². The summed E-state index contributed by atoms with van der Waals surface area (Å²) in [7, 11) is 0. The van der Waals surface area contributed by atoms with Crippen molar-refractivity contribution in [1.82, 2.24) is 0 Å². The Bertz CT molecular complexity index is 309. The minimum atomic E-state index is -0.147. The second kappa shape index (κ2) is 5.81. The van der Waals surface area contributed by atoms with Crippen LogP contribution in [0.15, 0.2) is 35.2 Å². The van der Waals surface area contributed by atoms with Crippen molar-refractivity contribution >= 4 is 17.7 Å². The third-order valence-electron chi connectivity index (χ3n) is 1.80. The number of benzene rings is 1. The summed E-state index contributed by atoms with van der Waals surface area (Å²) in [6.07, 6.45) is 0. The van der Waals surface area contributed by atoms with Crippen LogP contribution in [0.3, 0.4) is 0 Å². The Hall–Kier alpha value is -0.960. The van der Waals surface area contributed by atoms with E-state index in [1.807, 2.05) is 51.1 Å². The Morgan fingerprint density at radius 3 is 2.33 bits per heavy atom. The molecule has 0 saturated heterocycles. The highest BCUT2D eigenvalue weighted by Crippen LogP contribution is 2.23. The second-order valence-corrected chi connectivity index (χ2v) is 4.96. The van der Waals surface area contributed by atoms with Crippen molar-refractivity contribution in [2.45, 2.75) is 31.1 Å². The normalized spacial score (nSPS) is 12.5. The summed E-state index contributed by atoms with van der Waals surface area (Å²) >= 11 is 1.55. The molecule has 1 aromatic carbocycles. The number of hydrogen-bond acceptors (Lipinski definition) is 3. The van der Waals surface area contributed by atoms with Crippen LogP contribution in [0, 0.1) is 5.92 Å². The standard InChI is InChI=1S/C12H16O2S/c1-9(2)12(13)14-10(3)15-11-7-5-4-6-8-11/h4-10H,1-3H3. The molecule has 0 fully saturated rings. The molecular weight excluding hydrogens is 208 g/mol. The van der Waals surface area contributed by atoms with E-state index in [0.29, 0.717) is 0 Å². The number of carbonyl (C=O) groups excluding carboxylic acids is 1. The van der Waals surface area contributed by atoms with Gasteiger partial charge in [0.15, 0.2) is 0 Å². The quantitative estimate of drug-likeness (QED) is 0.446. The Morgan fingerprint density at radius 1 is 1.20 bits per heavy atom. The fourth-order valence-electron chi connectivity index (χ4n) is 1.01. The Labute approximate surface area is 95.0 Å². The predicted octanol–water partition coefficient (Wildman–Crippen LogP) is 3.32. The average molecular weight is 224 g/mol. The number of ether oxygens (including phenoxy) is 1. The lowest BCUT2D eigenvalue weighted by molar-refractivity contribution is -0.148. The molecule has 0 heterocycles. The van der Waals surface area contributed by atoms with E-state index in [4.69, 9.17) is 4.74 Å². The molecule has 0 aliphatic carbocycles. The topological polar surface area (TPSA) is 26.3 Å². The molecule has 0 bridgehead atoms. The van der Waals surface area contributed by atoms with Crippen LogP contribution in [-0.2, 0) is 9.53 Å². The average Bonchev–Trinajstić information content (AvgIpc) is 2.18. The second-order valence-electron chi connectivity index (χ2n) is 3.59. The molecule has 0 N–H and O–H groups in total. The first-order chi connectivity index (χ1) is 7.09. The van der Waals surface area contributed by atoms with E-state index in [1.54, 1.807) is 11.8 Å². The van der Waals surface area contributed by atoms with Crippen molar-refractivity contribution in [3.63, 3.8) is 0 Å². The molecule has 0 aliphatic rings. The van der Waals surface area contributed by atoms with E-state index < -0.39 is 0 Å². The molecule has 0 amide bonds. The van der Waals surface area contributed by atoms with Gasteiger partial charge < -0.3 is 4.74 Å². The van der Waals surface area contributed by atoms with E-state index >= 15 is 0 Å². The molecule has 0 aliphatic heterocycles. The Kier molecular flexibility index (Phi) is 4.69. The van der Waals surface area contributed by atoms with Gasteiger partial charge in [0.25, 0.3) is 0 Å². The maximum Gasteiger partial charge on any atom is 0.309 e. The fourth-order valence-corrected chi connectivity index (χ4v) is 1.85. The summed E-state index contributed by atoms with van der Waals surface area (Å²) in [5.41, 5.74) is -0.137. The van der Waals surface area contributed by atoms with E-state index in [9.17, 15) is 4.79 Å². The van der Waals surface area contributed by atoms with Crippen molar-refractivity contribution in [3.05, 3.63) is 30.3 Å². The highest BCUT2D eigenvalue weighted by atomic mass is 32.2. The molecule has 1 aromatic rings. The van der Waals surface area contributed by atoms with Crippen molar-refractivity contribution in [3.8, 4) is 0 Å². The van der Waals surface area contributed by atoms with E-state index in [1.165, 1.54) is 0 Å². The van der Waals surface area contributed by atoms with E-state index in [2.05, 4.69) is 0 Å². The lowest BCUT2D eigenvalue weighted by Crippen LogP contribution is -2.16. The van der Waals surface area contributed by atoms with Crippen LogP contribution < -0.4 is 0 Å². The van der Waals surface area contributed by atoms with Gasteiger partial charge in [-0.25, -0.2) is 0 Å². The van der Waals surface area contributed by atoms with Crippen LogP contribution in [0.1, 0.15) is 20.8 Å². The Balaban J connectivity index is 2.43. The van der Waals surface area contributed by atoms with Gasteiger partial charge in [-0.15, -0.1) is 0 Å². The van der Waals surface area contributed by atoms with Crippen LogP contribution in [-0.4, -0.2) is 11.4 Å². The molecule has 2 nitrogen and oxygen atoms in total. The van der Waals surface area contributed by atoms with Crippen LogP contribution in [0.25, 0.3) is 0 Å². The zero-order chi connectivity index (χ0) is 11.3. The number of esters is 1. The summed E-state index contributed by atoms with van der Waals surface area (Å²) in [4.78, 5) is 12.4. The first-order valence-corrected chi connectivity index (χ1v) is 5.89. The van der Waals surface area contributed by atoms with Gasteiger partial charge in [0.1, 0.15) is 5.44 Å². The number of thioether (sulfide) groups is 1. The minimum absolute atomic E-state index is 0.0659. The van der Waals surface area contributed by atoms with Crippen LogP contribution in [0.5, 0.6) is 0 Å². The molecule has 1 unspecified atom stereocenters. The van der Waals surface area contributed by atoms with Gasteiger partial charge in [0.05, 0.1) is 5.92 Å². The highest BCUT2D eigenvalue weighted by Gasteiger charge is 2.13. The zero-order valence-corrected chi connectivity index (χ0v) is 10.1. The number of rotatable bonds is 4. The summed E-state index contributed by atoms with van der Waals surface area (Å²) in [5.74, 6) is -0.213. The van der Waals surface area contributed by atoms with Gasteiger partial charge in [-0.3, -0.25) is 4.79 Å². The third-order valence-corrected chi connectivity index (χ3v) is 2.77. The molecule has 1 atom stereocenters. The van der Waals surface area contributed by atoms with Gasteiger partial charge >= 0.3 is 5.97 Å². The summed E-state index contributed by atoms with van der Waals surface area (Å²) < 4.78 is 5.24. The maximum absolute atomic E-state index is 11.3. The van der Waals surface area contributed by atoms with Crippen LogP contribution in [0.2, 0.25) is 0 Å². The van der Waals surface area contributed by atoms with Crippen molar-refractivity contribution in [2.75, 3.05) is 0 Å². The van der Waals surface area contributed by atoms with E-state index in [0.717, 1.165) is 4.90 Å². The predicted molar refractivity (Wildman–Crippen MR) is 62.7 cm³/mol. The SMILES string of the molecule is CC(OC(=O)C(C)C)Sc1ccccc1. The molecule has 82 valence electrons. The molecule has 0 aromatic heterocycles. The van der Waals surface area contributed by atoms with Gasteiger partial charge in [0.2, 0.25) is 0 Å². The first kappa shape index (κ1) is 12.1. The lowest BCUT2D eigenvalue weighted by atomic mass is 10.2. The zero-order valence-electron chi connectivity index (χ0n) is 9.27. The first-order valence-electron chi connectivity index (χ1n) is 5.02. The fraction of sp³-hybridized carbons (Fsp3) is 0.417. The molecular formula is C12H16O2S. The van der Waals surface area contributed by atoms with Crippen LogP contribution >= 0.6 is 11.8 Å². The lowest BCUT2D eigenvalue weighted by Gasteiger charge is -2.14. The van der Waals surface area contributed by atoms with Crippen molar-refractivity contribution in [2.24, 2.45) is 5.92 Å². The molecule has 15 heavy (non-hydrogen) atoms. The molecule has 0 saturated carbocycles. The van der Waals surface area contributed by atoms with E-state index in [-0.39, 0.29) is 17.3 Å². The summed E-state index contributed by atoms with van der Waals surface area (Å²) in [6.45, 7) is 5.56. The molecule has 3 heteroatoms. The largest absolute Gasteiger partial charge is 0.451 e. The molecule has 0 radical (unpaired) electrons. The van der Waals surface area contributed by atoms with Crippen molar-refractivity contribution in [1.29, 1.82) is 0 Å². The monoisotopic (exact) mass is 224 g/mol. The van der Waals surface area contributed by atoms with Gasteiger partial charge in [0, 0.05) is 4.90 Å². The van der Waals surface area contributed by atoms with Gasteiger partial charge in [-0.2, -0.15) is 0 Å². The van der Waals surface area contributed by atoms with Gasteiger partial charge in [-0.1, -0.05) is 43.8 Å². The highest BCUT2D eigenvalue weighted by molar-refractivity contribution is 7.99. The number of carbonyl (C=O) groups is 1. The van der Waals surface area contributed by atoms with Crippen LogP contribution in [0.4, 0.5) is 0 Å². The van der Waals surface area contributed by atoms with Gasteiger partial charge in [-0.05, 0) is 19.1 Å².